The summed E-state index contributed by atoms with van der Waals surface area (Å²) >= 11 is 0. The van der Waals surface area contributed by atoms with Gasteiger partial charge in [-0.3, -0.25) is 14.7 Å². The van der Waals surface area contributed by atoms with E-state index >= 15 is 0 Å². The third-order valence-electron chi connectivity index (χ3n) is 5.28. The lowest BCUT2D eigenvalue weighted by Gasteiger charge is -2.33. The Labute approximate surface area is 158 Å². The molecule has 0 radical (unpaired) electrons. The Morgan fingerprint density at radius 2 is 2.00 bits per heavy atom. The molecule has 0 aliphatic carbocycles. The van der Waals surface area contributed by atoms with Crippen LogP contribution in [-0.4, -0.2) is 86.2 Å². The quantitative estimate of drug-likeness (QED) is 0.520. The number of likely N-dealkylation sites (tertiary alicyclic amines) is 1. The van der Waals surface area contributed by atoms with Gasteiger partial charge in [0.15, 0.2) is 5.96 Å². The van der Waals surface area contributed by atoms with Crippen molar-refractivity contribution in [3.05, 3.63) is 0 Å². The lowest BCUT2D eigenvalue weighted by molar-refractivity contribution is -0.134. The largest absolute Gasteiger partial charge is 0.379 e. The van der Waals surface area contributed by atoms with Gasteiger partial charge in [-0.1, -0.05) is 0 Å². The molecule has 150 valence electrons. The van der Waals surface area contributed by atoms with E-state index in [4.69, 9.17) is 9.73 Å². The number of morpholine rings is 1. The molecule has 2 saturated heterocycles. The van der Waals surface area contributed by atoms with Crippen LogP contribution >= 0.6 is 0 Å². The molecule has 0 bridgehead atoms. The fraction of sp³-hybridized carbons (Fsp3) is 0.895. The monoisotopic (exact) mass is 367 g/mol. The summed E-state index contributed by atoms with van der Waals surface area (Å²) in [5.74, 6) is 1.05. The van der Waals surface area contributed by atoms with Crippen molar-refractivity contribution in [2.45, 2.75) is 58.5 Å². The first-order valence-electron chi connectivity index (χ1n) is 10.2. The van der Waals surface area contributed by atoms with Crippen molar-refractivity contribution in [3.8, 4) is 0 Å². The van der Waals surface area contributed by atoms with E-state index in [1.54, 1.807) is 0 Å². The Bertz CT molecular complexity index is 451. The van der Waals surface area contributed by atoms with Crippen molar-refractivity contribution in [2.24, 2.45) is 4.99 Å². The molecule has 2 aliphatic heterocycles. The van der Waals surface area contributed by atoms with E-state index in [0.29, 0.717) is 25.0 Å². The van der Waals surface area contributed by atoms with Crippen LogP contribution in [0.2, 0.25) is 0 Å². The second-order valence-electron chi connectivity index (χ2n) is 7.33. The average Bonchev–Trinajstić information content (AvgIpc) is 2.66. The SMILES string of the molecule is CCNC(=NCC(C)N1CCOCC1)NCCC(=O)N1CCCCC1C. The number of carbonyl (C=O) groups excluding carboxylic acids is 1. The summed E-state index contributed by atoms with van der Waals surface area (Å²) in [6, 6.07) is 0.776. The molecule has 0 aromatic rings. The van der Waals surface area contributed by atoms with E-state index < -0.39 is 0 Å². The maximum atomic E-state index is 12.4. The highest BCUT2D eigenvalue weighted by molar-refractivity contribution is 5.81. The molecule has 1 amide bonds. The normalized spacial score (nSPS) is 23.6. The van der Waals surface area contributed by atoms with Crippen LogP contribution < -0.4 is 10.6 Å². The molecule has 7 heteroatoms. The predicted molar refractivity (Wildman–Crippen MR) is 105 cm³/mol. The smallest absolute Gasteiger partial charge is 0.224 e. The number of amides is 1. The second kappa shape index (κ2) is 11.4. The Kier molecular flexibility index (Phi) is 9.18. The minimum absolute atomic E-state index is 0.252. The van der Waals surface area contributed by atoms with Crippen molar-refractivity contribution >= 4 is 11.9 Å². The van der Waals surface area contributed by atoms with Gasteiger partial charge in [0, 0.05) is 51.2 Å². The zero-order valence-corrected chi connectivity index (χ0v) is 16.8. The molecule has 0 spiro atoms. The minimum atomic E-state index is 0.252. The van der Waals surface area contributed by atoms with E-state index in [1.807, 2.05) is 4.90 Å². The van der Waals surface area contributed by atoms with Crippen molar-refractivity contribution in [1.29, 1.82) is 0 Å². The number of carbonyl (C=O) groups is 1. The van der Waals surface area contributed by atoms with Gasteiger partial charge in [-0.05, 0) is 40.0 Å². The van der Waals surface area contributed by atoms with Gasteiger partial charge >= 0.3 is 0 Å². The van der Waals surface area contributed by atoms with Gasteiger partial charge in [0.25, 0.3) is 0 Å². The molecule has 0 aromatic heterocycles. The Morgan fingerprint density at radius 3 is 2.69 bits per heavy atom. The summed E-state index contributed by atoms with van der Waals surface area (Å²) in [4.78, 5) is 21.6. The Morgan fingerprint density at radius 1 is 1.23 bits per heavy atom. The summed E-state index contributed by atoms with van der Waals surface area (Å²) in [5.41, 5.74) is 0. The molecular formula is C19H37N5O2. The maximum absolute atomic E-state index is 12.4. The number of aliphatic imine (C=N–C) groups is 1. The maximum Gasteiger partial charge on any atom is 0.224 e. The predicted octanol–water partition coefficient (Wildman–Crippen LogP) is 1.05. The number of rotatable bonds is 7. The summed E-state index contributed by atoms with van der Waals surface area (Å²) in [6.45, 7) is 13.1. The van der Waals surface area contributed by atoms with Crippen molar-refractivity contribution < 1.29 is 9.53 Å². The van der Waals surface area contributed by atoms with Gasteiger partial charge in [0.2, 0.25) is 5.91 Å². The van der Waals surface area contributed by atoms with Crippen LogP contribution in [-0.2, 0) is 9.53 Å². The molecule has 2 atom stereocenters. The summed E-state index contributed by atoms with van der Waals surface area (Å²) in [5, 5.41) is 6.59. The number of ether oxygens (including phenoxy) is 1. The molecule has 2 unspecified atom stereocenters. The van der Waals surface area contributed by atoms with E-state index in [9.17, 15) is 4.79 Å². The van der Waals surface area contributed by atoms with Crippen LogP contribution in [0, 0.1) is 0 Å². The number of piperidine rings is 1. The van der Waals surface area contributed by atoms with Crippen LogP contribution in [0.25, 0.3) is 0 Å². The van der Waals surface area contributed by atoms with Crippen LogP contribution in [0.4, 0.5) is 0 Å². The van der Waals surface area contributed by atoms with Gasteiger partial charge in [-0.2, -0.15) is 0 Å². The third-order valence-corrected chi connectivity index (χ3v) is 5.28. The molecule has 2 fully saturated rings. The van der Waals surface area contributed by atoms with Crippen molar-refractivity contribution in [3.63, 3.8) is 0 Å². The summed E-state index contributed by atoms with van der Waals surface area (Å²) < 4.78 is 5.41. The van der Waals surface area contributed by atoms with Gasteiger partial charge in [0.05, 0.1) is 19.8 Å². The van der Waals surface area contributed by atoms with Gasteiger partial charge in [-0.15, -0.1) is 0 Å². The van der Waals surface area contributed by atoms with Crippen LogP contribution in [0.1, 0.15) is 46.5 Å². The van der Waals surface area contributed by atoms with Crippen LogP contribution in [0.5, 0.6) is 0 Å². The molecule has 0 saturated carbocycles. The first kappa shape index (κ1) is 21.0. The second-order valence-corrected chi connectivity index (χ2v) is 7.33. The number of nitrogens with one attached hydrogen (secondary N) is 2. The molecule has 0 aromatic carbocycles. The van der Waals surface area contributed by atoms with Gasteiger partial charge in [-0.25, -0.2) is 0 Å². The van der Waals surface area contributed by atoms with Gasteiger partial charge in [0.1, 0.15) is 0 Å². The lowest BCUT2D eigenvalue weighted by Crippen LogP contribution is -2.45. The average molecular weight is 368 g/mol. The highest BCUT2D eigenvalue weighted by Gasteiger charge is 2.22. The number of hydrogen-bond acceptors (Lipinski definition) is 4. The first-order valence-corrected chi connectivity index (χ1v) is 10.2. The topological polar surface area (TPSA) is 69.2 Å². The van der Waals surface area contributed by atoms with Crippen LogP contribution in [0.3, 0.4) is 0 Å². The number of guanidine groups is 1. The fourth-order valence-corrected chi connectivity index (χ4v) is 3.60. The zero-order chi connectivity index (χ0) is 18.8. The highest BCUT2D eigenvalue weighted by atomic mass is 16.5. The lowest BCUT2D eigenvalue weighted by atomic mass is 10.0. The van der Waals surface area contributed by atoms with Gasteiger partial charge < -0.3 is 20.3 Å². The summed E-state index contributed by atoms with van der Waals surface area (Å²) in [6.07, 6.45) is 4.02. The minimum Gasteiger partial charge on any atom is -0.379 e. The van der Waals surface area contributed by atoms with E-state index in [0.717, 1.165) is 64.7 Å². The fourth-order valence-electron chi connectivity index (χ4n) is 3.60. The zero-order valence-electron chi connectivity index (χ0n) is 16.8. The molecular weight excluding hydrogens is 330 g/mol. The highest BCUT2D eigenvalue weighted by Crippen LogP contribution is 2.16. The third kappa shape index (κ3) is 6.76. The van der Waals surface area contributed by atoms with E-state index in [2.05, 4.69) is 36.3 Å². The molecule has 2 aliphatic rings. The molecule has 2 N–H and O–H groups in total. The number of hydrogen-bond donors (Lipinski definition) is 2. The van der Waals surface area contributed by atoms with E-state index in [-0.39, 0.29) is 5.91 Å². The first-order chi connectivity index (χ1) is 12.6. The summed E-state index contributed by atoms with van der Waals surface area (Å²) in [7, 11) is 0. The van der Waals surface area contributed by atoms with Crippen molar-refractivity contribution in [2.75, 3.05) is 52.5 Å². The van der Waals surface area contributed by atoms with Crippen molar-refractivity contribution in [1.82, 2.24) is 20.4 Å². The molecule has 2 heterocycles. The Hall–Kier alpha value is -1.34. The molecule has 7 nitrogen and oxygen atoms in total. The Balaban J connectivity index is 1.74. The molecule has 26 heavy (non-hydrogen) atoms. The molecule has 2 rings (SSSR count). The standard InChI is InChI=1S/C19H37N5O2/c1-4-20-19(22-15-17(3)23-11-13-26-14-12-23)21-9-8-18(25)24-10-6-5-7-16(24)2/h16-17H,4-15H2,1-3H3,(H2,20,21,22). The van der Waals surface area contributed by atoms with Crippen LogP contribution in [0.15, 0.2) is 4.99 Å². The number of nitrogens with zero attached hydrogens (tertiary/aromatic N) is 3. The van der Waals surface area contributed by atoms with E-state index in [1.165, 1.54) is 6.42 Å².